The van der Waals surface area contributed by atoms with E-state index >= 15 is 0 Å². The number of Topliss-reactive ketones (excluding diaryl/α,β-unsaturated/α-hetero) is 1. The lowest BCUT2D eigenvalue weighted by Gasteiger charge is -2.26. The highest BCUT2D eigenvalue weighted by atomic mass is 16.1. The highest BCUT2D eigenvalue weighted by Gasteiger charge is 2.46. The normalized spacial score (nSPS) is 30.3. The zero-order valence-corrected chi connectivity index (χ0v) is 11.0. The Morgan fingerprint density at radius 2 is 2.00 bits per heavy atom. The van der Waals surface area contributed by atoms with Gasteiger partial charge in [-0.1, -0.05) is 30.3 Å². The predicted octanol–water partition coefficient (Wildman–Crippen LogP) is 2.73. The maximum absolute atomic E-state index is 12.1. The minimum Gasteiger partial charge on any atom is -0.301 e. The van der Waals surface area contributed by atoms with Gasteiger partial charge in [0.1, 0.15) is 5.78 Å². The standard InChI is InChI=1S/C16H21NO/c1-17(10-12-5-3-2-4-6-12)11-15-13-7-8-14(9-13)16(15)18/h2-6,13-15H,7-11H2,1H3/t13-,14+,15?/m1/s1. The van der Waals surface area contributed by atoms with Gasteiger partial charge >= 0.3 is 0 Å². The summed E-state index contributed by atoms with van der Waals surface area (Å²) in [5, 5.41) is 0. The number of ketones is 1. The molecule has 2 aliphatic carbocycles. The fraction of sp³-hybridized carbons (Fsp3) is 0.562. The summed E-state index contributed by atoms with van der Waals surface area (Å²) in [6.45, 7) is 1.89. The minimum absolute atomic E-state index is 0.317. The molecule has 2 nitrogen and oxygen atoms in total. The van der Waals surface area contributed by atoms with E-state index in [1.807, 2.05) is 6.07 Å². The van der Waals surface area contributed by atoms with E-state index in [1.165, 1.54) is 18.4 Å². The molecular formula is C16H21NO. The van der Waals surface area contributed by atoms with Crippen LogP contribution in [-0.4, -0.2) is 24.3 Å². The molecule has 96 valence electrons. The Labute approximate surface area is 109 Å². The van der Waals surface area contributed by atoms with Gasteiger partial charge in [0.25, 0.3) is 0 Å². The largest absolute Gasteiger partial charge is 0.301 e. The van der Waals surface area contributed by atoms with Gasteiger partial charge in [0.2, 0.25) is 0 Å². The summed E-state index contributed by atoms with van der Waals surface area (Å²) in [6, 6.07) is 10.5. The van der Waals surface area contributed by atoms with Gasteiger partial charge in [-0.15, -0.1) is 0 Å². The van der Waals surface area contributed by atoms with E-state index in [2.05, 4.69) is 36.2 Å². The van der Waals surface area contributed by atoms with Crippen LogP contribution < -0.4 is 0 Å². The van der Waals surface area contributed by atoms with Crippen molar-refractivity contribution in [3.05, 3.63) is 35.9 Å². The van der Waals surface area contributed by atoms with Gasteiger partial charge in [0.15, 0.2) is 0 Å². The van der Waals surface area contributed by atoms with Crippen molar-refractivity contribution >= 4 is 5.78 Å². The molecule has 1 unspecified atom stereocenters. The molecule has 0 N–H and O–H groups in total. The molecule has 0 aliphatic heterocycles. The number of carbonyl (C=O) groups excluding carboxylic acids is 1. The average Bonchev–Trinajstić information content (AvgIpc) is 2.94. The van der Waals surface area contributed by atoms with Crippen LogP contribution >= 0.6 is 0 Å². The van der Waals surface area contributed by atoms with Crippen molar-refractivity contribution in [1.29, 1.82) is 0 Å². The van der Waals surface area contributed by atoms with Crippen LogP contribution in [0.1, 0.15) is 24.8 Å². The quantitative estimate of drug-likeness (QED) is 0.810. The molecule has 18 heavy (non-hydrogen) atoms. The maximum atomic E-state index is 12.1. The van der Waals surface area contributed by atoms with E-state index in [1.54, 1.807) is 0 Å². The first-order valence-electron chi connectivity index (χ1n) is 7.00. The Morgan fingerprint density at radius 1 is 1.22 bits per heavy atom. The molecule has 0 spiro atoms. The summed E-state index contributed by atoms with van der Waals surface area (Å²) in [5.74, 6) is 1.95. The smallest absolute Gasteiger partial charge is 0.140 e. The summed E-state index contributed by atoms with van der Waals surface area (Å²) in [7, 11) is 2.13. The molecule has 2 heteroatoms. The molecule has 3 atom stereocenters. The monoisotopic (exact) mass is 243 g/mol. The van der Waals surface area contributed by atoms with Gasteiger partial charge in [0, 0.05) is 24.9 Å². The first-order valence-corrected chi connectivity index (χ1v) is 7.00. The topological polar surface area (TPSA) is 20.3 Å². The second-order valence-electron chi connectivity index (χ2n) is 5.96. The molecule has 1 aromatic carbocycles. The zero-order chi connectivity index (χ0) is 12.5. The number of hydrogen-bond donors (Lipinski definition) is 0. The predicted molar refractivity (Wildman–Crippen MR) is 72.1 cm³/mol. The number of benzene rings is 1. The van der Waals surface area contributed by atoms with E-state index in [0.717, 1.165) is 19.5 Å². The SMILES string of the molecule is CN(Cc1ccccc1)CC1C(=O)[C@H]2CC[C@@H]1C2. The summed E-state index contributed by atoms with van der Waals surface area (Å²) in [5.41, 5.74) is 1.33. The Balaban J connectivity index is 1.58. The third-order valence-electron chi connectivity index (χ3n) is 4.61. The molecular weight excluding hydrogens is 222 g/mol. The lowest BCUT2D eigenvalue weighted by atomic mass is 9.87. The fourth-order valence-corrected chi connectivity index (χ4v) is 3.71. The summed E-state index contributed by atoms with van der Waals surface area (Å²) in [6.07, 6.45) is 3.60. The number of hydrogen-bond acceptors (Lipinski definition) is 2. The third-order valence-corrected chi connectivity index (χ3v) is 4.61. The summed E-state index contributed by atoms with van der Waals surface area (Å²) < 4.78 is 0. The van der Waals surface area contributed by atoms with Crippen molar-refractivity contribution in [2.75, 3.05) is 13.6 Å². The molecule has 2 saturated carbocycles. The second kappa shape index (κ2) is 4.85. The third kappa shape index (κ3) is 2.22. The van der Waals surface area contributed by atoms with Crippen LogP contribution in [-0.2, 0) is 11.3 Å². The van der Waals surface area contributed by atoms with E-state index in [4.69, 9.17) is 0 Å². The number of carbonyl (C=O) groups is 1. The van der Waals surface area contributed by atoms with Crippen LogP contribution in [0.25, 0.3) is 0 Å². The van der Waals surface area contributed by atoms with Crippen molar-refractivity contribution in [1.82, 2.24) is 4.90 Å². The maximum Gasteiger partial charge on any atom is 0.140 e. The molecule has 0 amide bonds. The molecule has 2 aliphatic rings. The van der Waals surface area contributed by atoms with Crippen molar-refractivity contribution in [3.63, 3.8) is 0 Å². The van der Waals surface area contributed by atoms with E-state index in [0.29, 0.717) is 23.5 Å². The molecule has 0 radical (unpaired) electrons. The van der Waals surface area contributed by atoms with Crippen LogP contribution in [0.4, 0.5) is 0 Å². The van der Waals surface area contributed by atoms with Crippen LogP contribution in [0.5, 0.6) is 0 Å². The Hall–Kier alpha value is -1.15. The van der Waals surface area contributed by atoms with E-state index in [9.17, 15) is 4.79 Å². The van der Waals surface area contributed by atoms with Gasteiger partial charge in [0.05, 0.1) is 0 Å². The molecule has 2 bridgehead atoms. The number of fused-ring (bicyclic) bond motifs is 2. The van der Waals surface area contributed by atoms with Crippen LogP contribution in [0, 0.1) is 17.8 Å². The lowest BCUT2D eigenvalue weighted by molar-refractivity contribution is -0.126. The Bertz CT molecular complexity index is 428. The average molecular weight is 243 g/mol. The second-order valence-corrected chi connectivity index (χ2v) is 5.96. The van der Waals surface area contributed by atoms with Gasteiger partial charge in [-0.05, 0) is 37.8 Å². The molecule has 3 rings (SSSR count). The van der Waals surface area contributed by atoms with Crippen LogP contribution in [0.2, 0.25) is 0 Å². The van der Waals surface area contributed by atoms with Crippen molar-refractivity contribution in [2.45, 2.75) is 25.8 Å². The molecule has 2 fully saturated rings. The molecule has 0 aromatic heterocycles. The summed E-state index contributed by atoms with van der Waals surface area (Å²) >= 11 is 0. The minimum atomic E-state index is 0.317. The highest BCUT2D eigenvalue weighted by molar-refractivity contribution is 5.87. The van der Waals surface area contributed by atoms with Gasteiger partial charge in [-0.3, -0.25) is 4.79 Å². The van der Waals surface area contributed by atoms with Crippen LogP contribution in [0.15, 0.2) is 30.3 Å². The molecule has 1 aromatic rings. The zero-order valence-electron chi connectivity index (χ0n) is 11.0. The lowest BCUT2D eigenvalue weighted by Crippen LogP contribution is -2.33. The van der Waals surface area contributed by atoms with E-state index in [-0.39, 0.29) is 0 Å². The van der Waals surface area contributed by atoms with E-state index < -0.39 is 0 Å². The number of rotatable bonds is 4. The van der Waals surface area contributed by atoms with Crippen molar-refractivity contribution < 1.29 is 4.79 Å². The van der Waals surface area contributed by atoms with Crippen LogP contribution in [0.3, 0.4) is 0 Å². The summed E-state index contributed by atoms with van der Waals surface area (Å²) in [4.78, 5) is 14.4. The Morgan fingerprint density at radius 3 is 2.67 bits per heavy atom. The van der Waals surface area contributed by atoms with Gasteiger partial charge in [-0.2, -0.15) is 0 Å². The Kier molecular flexibility index (Phi) is 3.21. The first kappa shape index (κ1) is 11.9. The fourth-order valence-electron chi connectivity index (χ4n) is 3.71. The molecule has 0 heterocycles. The first-order chi connectivity index (χ1) is 8.74. The van der Waals surface area contributed by atoms with Crippen molar-refractivity contribution in [2.24, 2.45) is 17.8 Å². The highest BCUT2D eigenvalue weighted by Crippen LogP contribution is 2.46. The van der Waals surface area contributed by atoms with Crippen molar-refractivity contribution in [3.8, 4) is 0 Å². The van der Waals surface area contributed by atoms with Gasteiger partial charge < -0.3 is 4.90 Å². The molecule has 0 saturated heterocycles. The van der Waals surface area contributed by atoms with Gasteiger partial charge in [-0.25, -0.2) is 0 Å². The number of nitrogens with zero attached hydrogens (tertiary/aromatic N) is 1.